The molecule has 2 aromatic rings. The van der Waals surface area contributed by atoms with E-state index in [4.69, 9.17) is 0 Å². The molecule has 2 N–H and O–H groups in total. The summed E-state index contributed by atoms with van der Waals surface area (Å²) >= 11 is 0. The molecule has 0 bridgehead atoms. The van der Waals surface area contributed by atoms with Crippen molar-refractivity contribution in [2.24, 2.45) is 10.9 Å². The summed E-state index contributed by atoms with van der Waals surface area (Å²) in [6.45, 7) is 1.23. The highest BCUT2D eigenvalue weighted by Crippen LogP contribution is 2.26. The van der Waals surface area contributed by atoms with E-state index < -0.39 is 6.09 Å². The second-order valence-electron chi connectivity index (χ2n) is 6.49. The Morgan fingerprint density at radius 1 is 1.16 bits per heavy atom. The molecule has 25 heavy (non-hydrogen) atoms. The molecule has 6 heteroatoms. The van der Waals surface area contributed by atoms with Crippen molar-refractivity contribution in [1.29, 1.82) is 0 Å². The van der Waals surface area contributed by atoms with E-state index in [-0.39, 0.29) is 6.04 Å². The van der Waals surface area contributed by atoms with Crippen molar-refractivity contribution < 1.29 is 15.1 Å². The molecule has 1 aliphatic rings. The van der Waals surface area contributed by atoms with E-state index in [0.717, 1.165) is 34.9 Å². The van der Waals surface area contributed by atoms with Gasteiger partial charge in [-0.2, -0.15) is 0 Å². The van der Waals surface area contributed by atoms with E-state index in [1.165, 1.54) is 0 Å². The molecule has 1 saturated heterocycles. The standard InChI is InChI=1S/C19H23N3O3/c23-19(24)22-11-6-16(14-20-17-7-9-21(25)10-8-17)13-18(22)12-15-4-2-1-3-5-15/h1-5,7-10,16,18,25H,6,11-14H2,(H,23,24). The third-order valence-electron chi connectivity index (χ3n) is 4.71. The lowest BCUT2D eigenvalue weighted by atomic mass is 9.88. The highest BCUT2D eigenvalue weighted by Gasteiger charge is 2.31. The number of nitrogens with zero attached hydrogens (tertiary/aromatic N) is 3. The van der Waals surface area contributed by atoms with Crippen LogP contribution in [0.1, 0.15) is 18.4 Å². The average molecular weight is 341 g/mol. The largest absolute Gasteiger partial charge is 0.465 e. The molecule has 3 rings (SSSR count). The predicted octanol–water partition coefficient (Wildman–Crippen LogP) is 2.63. The van der Waals surface area contributed by atoms with Crippen molar-refractivity contribution in [2.45, 2.75) is 25.3 Å². The van der Waals surface area contributed by atoms with E-state index in [2.05, 4.69) is 4.99 Å². The highest BCUT2D eigenvalue weighted by atomic mass is 16.5. The van der Waals surface area contributed by atoms with Gasteiger partial charge in [0, 0.05) is 31.5 Å². The van der Waals surface area contributed by atoms with E-state index in [1.807, 2.05) is 30.3 Å². The lowest BCUT2D eigenvalue weighted by molar-refractivity contribution is 0.0909. The molecule has 1 fully saturated rings. The summed E-state index contributed by atoms with van der Waals surface area (Å²) < 4.78 is 0.986. The normalized spacial score (nSPS) is 20.2. The van der Waals surface area contributed by atoms with Gasteiger partial charge in [0.25, 0.3) is 0 Å². The van der Waals surface area contributed by atoms with Crippen LogP contribution in [-0.2, 0) is 6.42 Å². The van der Waals surface area contributed by atoms with Crippen LogP contribution in [0, 0.1) is 5.92 Å². The molecular formula is C19H23N3O3. The van der Waals surface area contributed by atoms with Crippen molar-refractivity contribution in [1.82, 2.24) is 9.63 Å². The van der Waals surface area contributed by atoms with Gasteiger partial charge in [0.2, 0.25) is 0 Å². The van der Waals surface area contributed by atoms with Gasteiger partial charge in [0.05, 0.1) is 5.36 Å². The van der Waals surface area contributed by atoms with E-state index in [9.17, 15) is 15.1 Å². The summed E-state index contributed by atoms with van der Waals surface area (Å²) in [5.74, 6) is 0.366. The maximum absolute atomic E-state index is 11.5. The van der Waals surface area contributed by atoms with Crippen LogP contribution in [0.5, 0.6) is 0 Å². The van der Waals surface area contributed by atoms with Crippen LogP contribution >= 0.6 is 0 Å². The Labute approximate surface area is 146 Å². The molecule has 1 aliphatic heterocycles. The zero-order valence-electron chi connectivity index (χ0n) is 14.0. The van der Waals surface area contributed by atoms with Crippen LogP contribution < -0.4 is 5.36 Å². The number of pyridine rings is 1. The maximum atomic E-state index is 11.5. The fourth-order valence-electron chi connectivity index (χ4n) is 3.38. The maximum Gasteiger partial charge on any atom is 0.407 e. The van der Waals surface area contributed by atoms with Crippen molar-refractivity contribution in [3.63, 3.8) is 0 Å². The number of hydrogen-bond acceptors (Lipinski definition) is 3. The van der Waals surface area contributed by atoms with Gasteiger partial charge in [-0.15, -0.1) is 0 Å². The zero-order chi connectivity index (χ0) is 17.6. The molecule has 132 valence electrons. The van der Waals surface area contributed by atoms with E-state index in [1.54, 1.807) is 29.4 Å². The summed E-state index contributed by atoms with van der Waals surface area (Å²) in [5.41, 5.74) is 1.16. The van der Waals surface area contributed by atoms with Gasteiger partial charge in [0.1, 0.15) is 0 Å². The first-order valence-electron chi connectivity index (χ1n) is 8.53. The number of likely N-dealkylation sites (tertiary alicyclic amines) is 1. The Hall–Kier alpha value is -2.76. The van der Waals surface area contributed by atoms with Crippen molar-refractivity contribution >= 4 is 6.09 Å². The zero-order valence-corrected chi connectivity index (χ0v) is 14.0. The van der Waals surface area contributed by atoms with Gasteiger partial charge in [-0.3, -0.25) is 4.99 Å². The van der Waals surface area contributed by atoms with Crippen molar-refractivity contribution in [3.05, 3.63) is 65.8 Å². The fraction of sp³-hybridized carbons (Fsp3) is 0.368. The topological polar surface area (TPSA) is 78.1 Å². The molecule has 1 aromatic carbocycles. The molecule has 2 heterocycles. The minimum Gasteiger partial charge on any atom is -0.465 e. The quantitative estimate of drug-likeness (QED) is 0.839. The number of aromatic nitrogens is 1. The first kappa shape index (κ1) is 17.1. The number of piperidine rings is 1. The van der Waals surface area contributed by atoms with Crippen LogP contribution in [-0.4, -0.2) is 45.2 Å². The predicted molar refractivity (Wildman–Crippen MR) is 93.4 cm³/mol. The molecule has 2 unspecified atom stereocenters. The van der Waals surface area contributed by atoms with E-state index in [0.29, 0.717) is 19.0 Å². The van der Waals surface area contributed by atoms with Crippen LogP contribution in [0.2, 0.25) is 0 Å². The molecular weight excluding hydrogens is 318 g/mol. The summed E-state index contributed by atoms with van der Waals surface area (Å²) in [4.78, 5) is 17.7. The van der Waals surface area contributed by atoms with Crippen molar-refractivity contribution in [2.75, 3.05) is 13.1 Å². The number of hydrogen-bond donors (Lipinski definition) is 2. The molecule has 1 aromatic heterocycles. The monoisotopic (exact) mass is 341 g/mol. The molecule has 1 amide bonds. The second kappa shape index (κ2) is 7.88. The van der Waals surface area contributed by atoms with Crippen molar-refractivity contribution in [3.8, 4) is 0 Å². The van der Waals surface area contributed by atoms with Gasteiger partial charge >= 0.3 is 6.09 Å². The summed E-state index contributed by atoms with van der Waals surface area (Å²) in [6, 6.07) is 13.5. The Morgan fingerprint density at radius 2 is 1.88 bits per heavy atom. The molecule has 6 nitrogen and oxygen atoms in total. The number of benzene rings is 1. The lowest BCUT2D eigenvalue weighted by Gasteiger charge is -2.37. The number of carbonyl (C=O) groups is 1. The van der Waals surface area contributed by atoms with Crippen LogP contribution in [0.3, 0.4) is 0 Å². The molecule has 0 radical (unpaired) electrons. The first-order valence-corrected chi connectivity index (χ1v) is 8.53. The average Bonchev–Trinajstić information content (AvgIpc) is 2.62. The Kier molecular flexibility index (Phi) is 5.38. The van der Waals surface area contributed by atoms with Gasteiger partial charge in [0.15, 0.2) is 0 Å². The van der Waals surface area contributed by atoms with Crippen LogP contribution in [0.25, 0.3) is 0 Å². The SMILES string of the molecule is O=C(O)N1CCC(CN=c2ccn(O)cc2)CC1Cc1ccccc1. The fourth-order valence-corrected chi connectivity index (χ4v) is 3.38. The number of rotatable bonds is 4. The van der Waals surface area contributed by atoms with Gasteiger partial charge < -0.3 is 15.2 Å². The third kappa shape index (κ3) is 4.62. The van der Waals surface area contributed by atoms with Gasteiger partial charge in [-0.05, 0) is 42.9 Å². The van der Waals surface area contributed by atoms with Gasteiger partial charge in [-0.25, -0.2) is 9.52 Å². The summed E-state index contributed by atoms with van der Waals surface area (Å²) in [7, 11) is 0. The smallest absolute Gasteiger partial charge is 0.407 e. The van der Waals surface area contributed by atoms with Crippen LogP contribution in [0.4, 0.5) is 4.79 Å². The lowest BCUT2D eigenvalue weighted by Crippen LogP contribution is -2.47. The molecule has 0 aliphatic carbocycles. The Morgan fingerprint density at radius 3 is 2.56 bits per heavy atom. The number of carboxylic acid groups (broad SMARTS) is 1. The van der Waals surface area contributed by atoms with E-state index >= 15 is 0 Å². The highest BCUT2D eigenvalue weighted by molar-refractivity contribution is 5.65. The molecule has 2 atom stereocenters. The second-order valence-corrected chi connectivity index (χ2v) is 6.49. The van der Waals surface area contributed by atoms with Crippen LogP contribution in [0.15, 0.2) is 59.9 Å². The first-order chi connectivity index (χ1) is 12.1. The minimum absolute atomic E-state index is 0.00998. The number of amides is 1. The Balaban J connectivity index is 1.68. The minimum atomic E-state index is -0.841. The van der Waals surface area contributed by atoms with Gasteiger partial charge in [-0.1, -0.05) is 30.3 Å². The summed E-state index contributed by atoms with van der Waals surface area (Å²) in [5, 5.41) is 19.6. The molecule has 0 saturated carbocycles. The Bertz CT molecular complexity index is 752. The third-order valence-corrected chi connectivity index (χ3v) is 4.71. The molecule has 0 spiro atoms. The summed E-state index contributed by atoms with van der Waals surface area (Å²) in [6.07, 6.45) is 4.63.